The lowest BCUT2D eigenvalue weighted by Crippen LogP contribution is -2.39. The maximum atomic E-state index is 14.1. The zero-order chi connectivity index (χ0) is 19.8. The highest BCUT2D eigenvalue weighted by Gasteiger charge is 2.19. The van der Waals surface area contributed by atoms with Crippen molar-refractivity contribution in [2.45, 2.75) is 19.4 Å². The van der Waals surface area contributed by atoms with Crippen molar-refractivity contribution in [3.63, 3.8) is 0 Å². The third-order valence-corrected chi connectivity index (χ3v) is 5.23. The fraction of sp³-hybridized carbons (Fsp3) is 0.429. The predicted octanol–water partition coefficient (Wildman–Crippen LogP) is 3.17. The molecule has 1 aliphatic heterocycles. The molecule has 0 radical (unpaired) electrons. The number of ether oxygens (including phenoxy) is 1. The first-order chi connectivity index (χ1) is 13.6. The molecule has 1 fully saturated rings. The molecule has 2 aromatic rings. The number of hydrogen-bond acceptors (Lipinski definition) is 4. The number of carbonyl (C=O) groups excluding carboxylic acids is 1. The monoisotopic (exact) mass is 405 g/mol. The zero-order valence-corrected chi connectivity index (χ0v) is 16.6. The lowest BCUT2D eigenvalue weighted by atomic mass is 10.1. The van der Waals surface area contributed by atoms with Crippen molar-refractivity contribution in [2.75, 3.05) is 39.4 Å². The van der Waals surface area contributed by atoms with E-state index in [0.29, 0.717) is 13.1 Å². The van der Waals surface area contributed by atoms with Gasteiger partial charge in [-0.3, -0.25) is 14.7 Å². The summed E-state index contributed by atoms with van der Waals surface area (Å²) in [6, 6.07) is 8.26. The van der Waals surface area contributed by atoms with E-state index in [0.717, 1.165) is 44.8 Å². The van der Waals surface area contributed by atoms with Crippen molar-refractivity contribution >= 4 is 17.5 Å². The lowest BCUT2D eigenvalue weighted by Gasteiger charge is -2.28. The molecule has 0 saturated carbocycles. The number of rotatable bonds is 8. The van der Waals surface area contributed by atoms with Crippen LogP contribution in [0.2, 0.25) is 5.02 Å². The molecule has 0 bridgehead atoms. The Balaban J connectivity index is 1.64. The van der Waals surface area contributed by atoms with Crippen molar-refractivity contribution in [3.8, 4) is 0 Å². The first-order valence-corrected chi connectivity index (χ1v) is 9.91. The number of pyridine rings is 1. The molecule has 0 spiro atoms. The molecule has 0 atom stereocenters. The number of nitrogens with zero attached hydrogens (tertiary/aromatic N) is 3. The molecule has 1 aromatic heterocycles. The summed E-state index contributed by atoms with van der Waals surface area (Å²) >= 11 is 6.11. The summed E-state index contributed by atoms with van der Waals surface area (Å²) in [6.07, 6.45) is 4.22. The Hall–Kier alpha value is -2.02. The highest BCUT2D eigenvalue weighted by atomic mass is 35.5. The molecule has 0 N–H and O–H groups in total. The Morgan fingerprint density at radius 3 is 2.68 bits per heavy atom. The average molecular weight is 406 g/mol. The highest BCUT2D eigenvalue weighted by Crippen LogP contribution is 2.20. The van der Waals surface area contributed by atoms with Crippen LogP contribution in [0.5, 0.6) is 0 Å². The molecule has 2 heterocycles. The van der Waals surface area contributed by atoms with Crippen molar-refractivity contribution < 1.29 is 13.9 Å². The molecule has 7 heteroatoms. The maximum Gasteiger partial charge on any atom is 0.227 e. The minimum atomic E-state index is -0.446. The quantitative estimate of drug-likeness (QED) is 0.676. The second-order valence-electron chi connectivity index (χ2n) is 6.86. The van der Waals surface area contributed by atoms with Gasteiger partial charge in [-0.15, -0.1) is 0 Å². The van der Waals surface area contributed by atoms with E-state index < -0.39 is 5.82 Å². The van der Waals surface area contributed by atoms with Crippen LogP contribution in [0.1, 0.15) is 17.5 Å². The van der Waals surface area contributed by atoms with Gasteiger partial charge in [-0.2, -0.15) is 0 Å². The standard InChI is InChI=1S/C21H25ClFN3O2/c22-19-3-1-4-20(23)18(19)15-21(27)26(16-17-5-7-24-8-6-17)10-2-9-25-11-13-28-14-12-25/h1,3-8H,2,9-16H2. The predicted molar refractivity (Wildman–Crippen MR) is 107 cm³/mol. The van der Waals surface area contributed by atoms with E-state index in [1.165, 1.54) is 6.07 Å². The fourth-order valence-corrected chi connectivity index (χ4v) is 3.50. The van der Waals surface area contributed by atoms with Gasteiger partial charge < -0.3 is 9.64 Å². The Morgan fingerprint density at radius 1 is 1.21 bits per heavy atom. The van der Waals surface area contributed by atoms with Gasteiger partial charge in [0, 0.05) is 55.7 Å². The topological polar surface area (TPSA) is 45.7 Å². The molecule has 150 valence electrons. The lowest BCUT2D eigenvalue weighted by molar-refractivity contribution is -0.131. The normalized spacial score (nSPS) is 14.8. The first-order valence-electron chi connectivity index (χ1n) is 9.53. The average Bonchev–Trinajstić information content (AvgIpc) is 2.71. The Morgan fingerprint density at radius 2 is 1.96 bits per heavy atom. The van der Waals surface area contributed by atoms with Crippen LogP contribution < -0.4 is 0 Å². The van der Waals surface area contributed by atoms with Crippen LogP contribution in [0.4, 0.5) is 4.39 Å². The number of morpholine rings is 1. The Bertz CT molecular complexity index is 749. The third-order valence-electron chi connectivity index (χ3n) is 4.87. The number of amides is 1. The van der Waals surface area contributed by atoms with Crippen LogP contribution in [-0.2, 0) is 22.5 Å². The van der Waals surface area contributed by atoms with E-state index in [4.69, 9.17) is 16.3 Å². The van der Waals surface area contributed by atoms with Crippen molar-refractivity contribution in [1.29, 1.82) is 0 Å². The number of carbonyl (C=O) groups is 1. The van der Waals surface area contributed by atoms with Crippen LogP contribution >= 0.6 is 11.6 Å². The summed E-state index contributed by atoms with van der Waals surface area (Å²) < 4.78 is 19.5. The highest BCUT2D eigenvalue weighted by molar-refractivity contribution is 6.31. The molecule has 1 aromatic carbocycles. The van der Waals surface area contributed by atoms with Crippen molar-refractivity contribution in [1.82, 2.24) is 14.8 Å². The second-order valence-corrected chi connectivity index (χ2v) is 7.26. The minimum Gasteiger partial charge on any atom is -0.379 e. The van der Waals surface area contributed by atoms with Gasteiger partial charge in [0.1, 0.15) is 5.82 Å². The first kappa shape index (κ1) is 20.7. The number of halogens is 2. The largest absolute Gasteiger partial charge is 0.379 e. The van der Waals surface area contributed by atoms with Gasteiger partial charge in [-0.1, -0.05) is 17.7 Å². The Kier molecular flexibility index (Phi) is 7.77. The molecule has 0 unspecified atom stereocenters. The van der Waals surface area contributed by atoms with Gasteiger partial charge in [-0.25, -0.2) is 4.39 Å². The van der Waals surface area contributed by atoms with E-state index in [1.807, 2.05) is 12.1 Å². The number of hydrogen-bond donors (Lipinski definition) is 0. The molecule has 5 nitrogen and oxygen atoms in total. The molecule has 28 heavy (non-hydrogen) atoms. The van der Waals surface area contributed by atoms with E-state index in [-0.39, 0.29) is 22.9 Å². The number of benzene rings is 1. The molecular weight excluding hydrogens is 381 g/mol. The molecular formula is C21H25ClFN3O2. The van der Waals surface area contributed by atoms with Gasteiger partial charge in [0.25, 0.3) is 0 Å². The van der Waals surface area contributed by atoms with E-state index in [1.54, 1.807) is 29.4 Å². The smallest absolute Gasteiger partial charge is 0.227 e. The molecule has 1 aliphatic rings. The zero-order valence-electron chi connectivity index (χ0n) is 15.8. The van der Waals surface area contributed by atoms with Gasteiger partial charge in [0.15, 0.2) is 0 Å². The molecule has 3 rings (SSSR count). The summed E-state index contributed by atoms with van der Waals surface area (Å²) in [5, 5.41) is 0.283. The van der Waals surface area contributed by atoms with Crippen LogP contribution in [0.25, 0.3) is 0 Å². The molecule has 1 saturated heterocycles. The summed E-state index contributed by atoms with van der Waals surface area (Å²) in [5.74, 6) is -0.580. The van der Waals surface area contributed by atoms with Crippen molar-refractivity contribution in [3.05, 3.63) is 64.7 Å². The van der Waals surface area contributed by atoms with E-state index in [2.05, 4.69) is 9.88 Å². The van der Waals surface area contributed by atoms with Gasteiger partial charge in [0.2, 0.25) is 5.91 Å². The minimum absolute atomic E-state index is 0.0475. The van der Waals surface area contributed by atoms with Crippen LogP contribution in [0.3, 0.4) is 0 Å². The fourth-order valence-electron chi connectivity index (χ4n) is 3.27. The summed E-state index contributed by atoms with van der Waals surface area (Å²) in [7, 11) is 0. The second kappa shape index (κ2) is 10.5. The Labute approximate surface area is 170 Å². The maximum absolute atomic E-state index is 14.1. The summed E-state index contributed by atoms with van der Waals surface area (Å²) in [6.45, 7) is 5.33. The van der Waals surface area contributed by atoms with E-state index >= 15 is 0 Å². The number of aromatic nitrogens is 1. The van der Waals surface area contributed by atoms with Gasteiger partial charge in [0.05, 0.1) is 19.6 Å². The SMILES string of the molecule is O=C(Cc1c(F)cccc1Cl)N(CCCN1CCOCC1)Cc1ccncc1. The molecule has 1 amide bonds. The van der Waals surface area contributed by atoms with Crippen molar-refractivity contribution in [2.24, 2.45) is 0 Å². The van der Waals surface area contributed by atoms with Crippen LogP contribution in [0.15, 0.2) is 42.7 Å². The van der Waals surface area contributed by atoms with Crippen LogP contribution in [-0.4, -0.2) is 60.1 Å². The van der Waals surface area contributed by atoms with Crippen LogP contribution in [0, 0.1) is 5.82 Å². The van der Waals surface area contributed by atoms with Gasteiger partial charge in [-0.05, 0) is 36.2 Å². The van der Waals surface area contributed by atoms with Gasteiger partial charge >= 0.3 is 0 Å². The van der Waals surface area contributed by atoms with E-state index in [9.17, 15) is 9.18 Å². The summed E-state index contributed by atoms with van der Waals surface area (Å²) in [4.78, 5) is 21.1. The summed E-state index contributed by atoms with van der Waals surface area (Å²) in [5.41, 5.74) is 1.25. The third kappa shape index (κ3) is 5.99. The molecule has 0 aliphatic carbocycles.